The van der Waals surface area contributed by atoms with Crippen LogP contribution in [0.25, 0.3) is 0 Å². The minimum Gasteiger partial charge on any atom is -0.459 e. The summed E-state index contributed by atoms with van der Waals surface area (Å²) in [6.45, 7) is 8.27. The third kappa shape index (κ3) is 2.52. The highest BCUT2D eigenvalue weighted by Crippen LogP contribution is 2.65. The molecule has 0 N–H and O–H groups in total. The van der Waals surface area contributed by atoms with Crippen molar-refractivity contribution in [2.24, 2.45) is 34.5 Å². The molecule has 0 radical (unpaired) electrons. The highest BCUT2D eigenvalue weighted by atomic mass is 16.5. The van der Waals surface area contributed by atoms with E-state index in [2.05, 4.69) is 20.4 Å². The van der Waals surface area contributed by atoms with Gasteiger partial charge in [-0.3, -0.25) is 4.79 Å². The highest BCUT2D eigenvalue weighted by molar-refractivity contribution is 5.87. The van der Waals surface area contributed by atoms with Gasteiger partial charge in [0.2, 0.25) is 0 Å². The van der Waals surface area contributed by atoms with Crippen molar-refractivity contribution in [2.45, 2.75) is 77.7 Å². The third-order valence-corrected chi connectivity index (χ3v) is 8.78. The van der Waals surface area contributed by atoms with Gasteiger partial charge < -0.3 is 4.74 Å². The number of Topliss-reactive ketones (excluding diaryl/α,β-unsaturated/α-hetero) is 1. The molecule has 4 rings (SSSR count). The van der Waals surface area contributed by atoms with Crippen LogP contribution < -0.4 is 0 Å². The molecule has 0 heterocycles. The van der Waals surface area contributed by atoms with Crippen LogP contribution in [0.4, 0.5) is 0 Å². The van der Waals surface area contributed by atoms with Gasteiger partial charge in [0, 0.05) is 17.9 Å². The Morgan fingerprint density at radius 1 is 1.12 bits per heavy atom. The van der Waals surface area contributed by atoms with Gasteiger partial charge in [0.05, 0.1) is 0 Å². The molecule has 0 aromatic heterocycles. The third-order valence-electron chi connectivity index (χ3n) is 8.78. The van der Waals surface area contributed by atoms with E-state index in [-0.39, 0.29) is 17.5 Å². The predicted octanol–water partition coefficient (Wildman–Crippen LogP) is 4.70. The molecule has 1 unspecified atom stereocenters. The van der Waals surface area contributed by atoms with E-state index in [0.29, 0.717) is 23.0 Å². The van der Waals surface area contributed by atoms with Crippen LogP contribution in [-0.4, -0.2) is 17.9 Å². The maximum absolute atomic E-state index is 12.5. The lowest BCUT2D eigenvalue weighted by Gasteiger charge is -2.60. The van der Waals surface area contributed by atoms with Crippen molar-refractivity contribution >= 4 is 11.8 Å². The summed E-state index contributed by atoms with van der Waals surface area (Å²) < 4.78 is 5.57. The Bertz CT molecular complexity index is 596. The van der Waals surface area contributed by atoms with Gasteiger partial charge in [-0.1, -0.05) is 20.4 Å². The standard InChI is InChI=1S/C22H32O3/c1-4-20(24)25-15-9-11-21(2)14(13-15)5-6-16-17-7-8-19(23)22(17,3)12-10-18(16)21/h4,14-18H,1,5-13H2,2-3H3/t14?,15-,16-,17-,18-,21-,22-/m0/s1. The molecular weight excluding hydrogens is 312 g/mol. The van der Waals surface area contributed by atoms with Crippen molar-refractivity contribution in [3.63, 3.8) is 0 Å². The molecule has 0 saturated heterocycles. The molecule has 0 bridgehead atoms. The molecule has 0 aliphatic heterocycles. The first-order valence-corrected chi connectivity index (χ1v) is 10.2. The van der Waals surface area contributed by atoms with E-state index in [0.717, 1.165) is 50.4 Å². The Kier molecular flexibility index (Phi) is 4.12. The fraction of sp³-hybridized carbons (Fsp3) is 0.818. The number of rotatable bonds is 2. The summed E-state index contributed by atoms with van der Waals surface area (Å²) in [6.07, 6.45) is 11.2. The topological polar surface area (TPSA) is 43.4 Å². The van der Waals surface area contributed by atoms with Crippen LogP contribution in [0.15, 0.2) is 12.7 Å². The maximum atomic E-state index is 12.5. The fourth-order valence-corrected chi connectivity index (χ4v) is 7.31. The number of carbonyl (C=O) groups is 2. The smallest absolute Gasteiger partial charge is 0.330 e. The van der Waals surface area contributed by atoms with Crippen molar-refractivity contribution < 1.29 is 14.3 Å². The first-order chi connectivity index (χ1) is 11.9. The van der Waals surface area contributed by atoms with Crippen molar-refractivity contribution in [3.8, 4) is 0 Å². The van der Waals surface area contributed by atoms with E-state index in [1.165, 1.54) is 25.3 Å². The van der Waals surface area contributed by atoms with Crippen LogP contribution in [-0.2, 0) is 14.3 Å². The van der Waals surface area contributed by atoms with Crippen LogP contribution in [0.5, 0.6) is 0 Å². The Balaban J connectivity index is 1.52. The van der Waals surface area contributed by atoms with Crippen molar-refractivity contribution in [1.29, 1.82) is 0 Å². The molecule has 4 saturated carbocycles. The number of ether oxygens (including phenoxy) is 1. The highest BCUT2D eigenvalue weighted by Gasteiger charge is 2.60. The average molecular weight is 344 g/mol. The molecule has 3 heteroatoms. The van der Waals surface area contributed by atoms with Crippen molar-refractivity contribution in [3.05, 3.63) is 12.7 Å². The number of hydrogen-bond donors (Lipinski definition) is 0. The summed E-state index contributed by atoms with van der Waals surface area (Å²) in [5.74, 6) is 3.02. The summed E-state index contributed by atoms with van der Waals surface area (Å²) in [5, 5.41) is 0. The summed E-state index contributed by atoms with van der Waals surface area (Å²) in [6, 6.07) is 0. The van der Waals surface area contributed by atoms with Crippen LogP contribution in [0.2, 0.25) is 0 Å². The number of carbonyl (C=O) groups excluding carboxylic acids is 2. The number of hydrogen-bond acceptors (Lipinski definition) is 3. The zero-order chi connectivity index (χ0) is 17.8. The minimum absolute atomic E-state index is 0.0267. The Morgan fingerprint density at radius 2 is 1.92 bits per heavy atom. The monoisotopic (exact) mass is 344 g/mol. The van der Waals surface area contributed by atoms with Crippen molar-refractivity contribution in [2.75, 3.05) is 0 Å². The van der Waals surface area contributed by atoms with E-state index in [9.17, 15) is 9.59 Å². The molecule has 0 aromatic carbocycles. The second kappa shape index (κ2) is 5.96. The van der Waals surface area contributed by atoms with E-state index >= 15 is 0 Å². The first-order valence-electron chi connectivity index (χ1n) is 10.2. The molecule has 0 spiro atoms. The largest absolute Gasteiger partial charge is 0.459 e. The molecule has 4 aliphatic rings. The van der Waals surface area contributed by atoms with Gasteiger partial charge in [0.15, 0.2) is 0 Å². The number of ketones is 1. The predicted molar refractivity (Wildman–Crippen MR) is 96.8 cm³/mol. The molecular formula is C22H32O3. The zero-order valence-corrected chi connectivity index (χ0v) is 15.8. The van der Waals surface area contributed by atoms with Crippen molar-refractivity contribution in [1.82, 2.24) is 0 Å². The fourth-order valence-electron chi connectivity index (χ4n) is 7.31. The molecule has 138 valence electrons. The molecule has 0 amide bonds. The van der Waals surface area contributed by atoms with Gasteiger partial charge in [0.25, 0.3) is 0 Å². The molecule has 0 aromatic rings. The quantitative estimate of drug-likeness (QED) is 0.539. The number of fused-ring (bicyclic) bond motifs is 5. The SMILES string of the molecule is C=CC(=O)O[C@H]1CC[C@@]2(C)C(CC[C@@H]3[C@@H]2CC[C@]2(C)C(=O)CC[C@@H]32)C1. The van der Waals surface area contributed by atoms with Crippen LogP contribution in [0.1, 0.15) is 71.6 Å². The summed E-state index contributed by atoms with van der Waals surface area (Å²) in [5.41, 5.74) is 0.341. The van der Waals surface area contributed by atoms with Gasteiger partial charge in [-0.2, -0.15) is 0 Å². The van der Waals surface area contributed by atoms with Crippen LogP contribution in [0, 0.1) is 34.5 Å². The normalized spacial score (nSPS) is 48.9. The van der Waals surface area contributed by atoms with Crippen LogP contribution in [0.3, 0.4) is 0 Å². The molecule has 3 nitrogen and oxygen atoms in total. The van der Waals surface area contributed by atoms with Gasteiger partial charge >= 0.3 is 5.97 Å². The number of esters is 1. The van der Waals surface area contributed by atoms with E-state index in [1.807, 2.05) is 0 Å². The van der Waals surface area contributed by atoms with Gasteiger partial charge in [-0.05, 0) is 80.5 Å². The van der Waals surface area contributed by atoms with E-state index in [4.69, 9.17) is 4.74 Å². The minimum atomic E-state index is -0.278. The molecule has 25 heavy (non-hydrogen) atoms. The lowest BCUT2D eigenvalue weighted by atomic mass is 9.45. The lowest BCUT2D eigenvalue weighted by Crippen LogP contribution is -2.54. The second-order valence-corrected chi connectivity index (χ2v) is 9.61. The van der Waals surface area contributed by atoms with E-state index < -0.39 is 0 Å². The Hall–Kier alpha value is -1.12. The zero-order valence-electron chi connectivity index (χ0n) is 15.8. The van der Waals surface area contributed by atoms with Gasteiger partial charge in [-0.25, -0.2) is 4.79 Å². The summed E-state index contributed by atoms with van der Waals surface area (Å²) >= 11 is 0. The maximum Gasteiger partial charge on any atom is 0.330 e. The molecule has 4 fully saturated rings. The Labute approximate surface area is 151 Å². The van der Waals surface area contributed by atoms with Gasteiger partial charge in [-0.15, -0.1) is 0 Å². The van der Waals surface area contributed by atoms with E-state index in [1.54, 1.807) is 0 Å². The summed E-state index contributed by atoms with van der Waals surface area (Å²) in [4.78, 5) is 24.1. The van der Waals surface area contributed by atoms with Gasteiger partial charge in [0.1, 0.15) is 11.9 Å². The Morgan fingerprint density at radius 3 is 2.68 bits per heavy atom. The molecule has 7 atom stereocenters. The average Bonchev–Trinajstić information content (AvgIpc) is 2.90. The second-order valence-electron chi connectivity index (χ2n) is 9.61. The molecule has 4 aliphatic carbocycles. The lowest BCUT2D eigenvalue weighted by molar-refractivity contribution is -0.157. The first kappa shape index (κ1) is 17.3. The van der Waals surface area contributed by atoms with Crippen LogP contribution >= 0.6 is 0 Å². The summed E-state index contributed by atoms with van der Waals surface area (Å²) in [7, 11) is 0.